The second kappa shape index (κ2) is 4.41. The second-order valence-corrected chi connectivity index (χ2v) is 7.22. The summed E-state index contributed by atoms with van der Waals surface area (Å²) < 4.78 is 6.04. The lowest BCUT2D eigenvalue weighted by Crippen LogP contribution is -2.49. The smallest absolute Gasteiger partial charge is 0.0816 e. The molecule has 0 saturated carbocycles. The zero-order valence-corrected chi connectivity index (χ0v) is 11.5. The molecule has 1 spiro atoms. The number of nitrogens with zero attached hydrogens (tertiary/aromatic N) is 1. The minimum atomic E-state index is -0.446. The Kier molecular flexibility index (Phi) is 3.18. The Balaban J connectivity index is 1.71. The zero-order chi connectivity index (χ0) is 11.9. The molecule has 98 valence electrons. The Morgan fingerprint density at radius 3 is 2.94 bits per heavy atom. The largest absolute Gasteiger partial charge is 0.388 e. The minimum absolute atomic E-state index is 0.102. The van der Waals surface area contributed by atoms with Crippen LogP contribution in [0.15, 0.2) is 0 Å². The first-order valence-electron chi connectivity index (χ1n) is 6.75. The predicted molar refractivity (Wildman–Crippen MR) is 70.4 cm³/mol. The van der Waals surface area contributed by atoms with Crippen LogP contribution in [0.2, 0.25) is 0 Å². The third-order valence-corrected chi connectivity index (χ3v) is 6.01. The van der Waals surface area contributed by atoms with Gasteiger partial charge in [0.2, 0.25) is 0 Å². The van der Waals surface area contributed by atoms with E-state index in [4.69, 9.17) is 4.74 Å². The van der Waals surface area contributed by atoms with Crippen LogP contribution in [0.4, 0.5) is 0 Å². The number of β-amino-alcohol motifs (C(OH)–C–C–N with tert-alkyl or cyclic N) is 1. The molecule has 3 saturated heterocycles. The Labute approximate surface area is 108 Å². The molecule has 3 aliphatic heterocycles. The first-order chi connectivity index (χ1) is 8.12. The van der Waals surface area contributed by atoms with Gasteiger partial charge < -0.3 is 14.7 Å². The van der Waals surface area contributed by atoms with E-state index in [0.29, 0.717) is 5.92 Å². The van der Waals surface area contributed by atoms with E-state index in [1.165, 1.54) is 12.2 Å². The Bertz CT molecular complexity index is 293. The van der Waals surface area contributed by atoms with Gasteiger partial charge in [-0.2, -0.15) is 11.8 Å². The van der Waals surface area contributed by atoms with E-state index in [9.17, 15) is 5.11 Å². The van der Waals surface area contributed by atoms with Crippen molar-refractivity contribution in [1.82, 2.24) is 4.90 Å². The summed E-state index contributed by atoms with van der Waals surface area (Å²) in [5, 5.41) is 10.8. The lowest BCUT2D eigenvalue weighted by Gasteiger charge is -2.43. The lowest BCUT2D eigenvalue weighted by molar-refractivity contribution is -0.128. The third-order valence-electron chi connectivity index (χ3n) is 4.79. The molecule has 3 nitrogen and oxygen atoms in total. The predicted octanol–water partition coefficient (Wildman–Crippen LogP) is 1.36. The van der Waals surface area contributed by atoms with Crippen LogP contribution in [-0.4, -0.2) is 59.5 Å². The summed E-state index contributed by atoms with van der Waals surface area (Å²) >= 11 is 2.01. The number of likely N-dealkylation sites (tertiary alicyclic amines) is 1. The van der Waals surface area contributed by atoms with Gasteiger partial charge in [0.15, 0.2) is 0 Å². The molecule has 3 unspecified atom stereocenters. The molecule has 0 aromatic carbocycles. The summed E-state index contributed by atoms with van der Waals surface area (Å²) in [7, 11) is 2.11. The zero-order valence-electron chi connectivity index (χ0n) is 10.7. The van der Waals surface area contributed by atoms with Gasteiger partial charge in [0, 0.05) is 25.4 Å². The van der Waals surface area contributed by atoms with Gasteiger partial charge in [0.1, 0.15) is 0 Å². The molecule has 0 bridgehead atoms. The van der Waals surface area contributed by atoms with E-state index in [1.54, 1.807) is 0 Å². The van der Waals surface area contributed by atoms with Gasteiger partial charge in [-0.15, -0.1) is 0 Å². The van der Waals surface area contributed by atoms with Crippen molar-refractivity contribution in [2.45, 2.75) is 36.9 Å². The summed E-state index contributed by atoms with van der Waals surface area (Å²) in [6, 6.07) is 0. The molecule has 0 aromatic rings. The van der Waals surface area contributed by atoms with Crippen LogP contribution < -0.4 is 0 Å². The molecule has 0 radical (unpaired) electrons. The quantitative estimate of drug-likeness (QED) is 0.769. The average molecular weight is 257 g/mol. The summed E-state index contributed by atoms with van der Waals surface area (Å²) in [6.07, 6.45) is 4.23. The van der Waals surface area contributed by atoms with Crippen molar-refractivity contribution >= 4 is 11.8 Å². The standard InChI is InChI=1S/C13H23NO2S/c1-14-5-3-13(15,9-14)11-2-6-16-12(8-11)4-7-17-10-12/h11,15H,2-10H2,1H3. The number of thioether (sulfide) groups is 1. The summed E-state index contributed by atoms with van der Waals surface area (Å²) in [5.74, 6) is 2.81. The molecule has 3 aliphatic rings. The summed E-state index contributed by atoms with van der Waals surface area (Å²) in [6.45, 7) is 2.73. The van der Waals surface area contributed by atoms with Gasteiger partial charge >= 0.3 is 0 Å². The van der Waals surface area contributed by atoms with Crippen LogP contribution in [0.5, 0.6) is 0 Å². The van der Waals surface area contributed by atoms with Gasteiger partial charge in [-0.25, -0.2) is 0 Å². The van der Waals surface area contributed by atoms with Crippen LogP contribution >= 0.6 is 11.8 Å². The van der Waals surface area contributed by atoms with Crippen molar-refractivity contribution in [1.29, 1.82) is 0 Å². The van der Waals surface area contributed by atoms with Crippen molar-refractivity contribution in [3.8, 4) is 0 Å². The molecule has 4 heteroatoms. The van der Waals surface area contributed by atoms with Gasteiger partial charge in [0.05, 0.1) is 11.2 Å². The topological polar surface area (TPSA) is 32.7 Å². The van der Waals surface area contributed by atoms with Gasteiger partial charge in [-0.3, -0.25) is 0 Å². The molecular formula is C13H23NO2S. The second-order valence-electron chi connectivity index (χ2n) is 6.12. The fourth-order valence-electron chi connectivity index (χ4n) is 3.69. The first-order valence-corrected chi connectivity index (χ1v) is 7.90. The third kappa shape index (κ3) is 2.25. The normalized spacial score (nSPS) is 48.0. The maximum Gasteiger partial charge on any atom is 0.0816 e. The van der Waals surface area contributed by atoms with Crippen molar-refractivity contribution < 1.29 is 9.84 Å². The fraction of sp³-hybridized carbons (Fsp3) is 1.00. The van der Waals surface area contributed by atoms with Crippen LogP contribution in [0.25, 0.3) is 0 Å². The molecule has 1 N–H and O–H groups in total. The fourth-order valence-corrected chi connectivity index (χ4v) is 5.07. The van der Waals surface area contributed by atoms with Crippen LogP contribution in [0.1, 0.15) is 25.7 Å². The summed E-state index contributed by atoms with van der Waals surface area (Å²) in [5.41, 5.74) is -0.344. The van der Waals surface area contributed by atoms with Crippen LogP contribution in [-0.2, 0) is 4.74 Å². The molecule has 0 amide bonds. The van der Waals surface area contributed by atoms with E-state index in [0.717, 1.165) is 44.7 Å². The molecule has 0 aliphatic carbocycles. The SMILES string of the molecule is CN1CCC(O)(C2CCOC3(CCSC3)C2)C1. The molecule has 3 rings (SSSR count). The molecule has 3 heterocycles. The van der Waals surface area contributed by atoms with E-state index in [1.807, 2.05) is 11.8 Å². The highest BCUT2D eigenvalue weighted by Gasteiger charge is 2.49. The molecular weight excluding hydrogens is 234 g/mol. The van der Waals surface area contributed by atoms with Crippen molar-refractivity contribution in [2.75, 3.05) is 38.2 Å². The molecule has 3 atom stereocenters. The van der Waals surface area contributed by atoms with Crippen molar-refractivity contribution in [3.05, 3.63) is 0 Å². The molecule has 0 aromatic heterocycles. The Hall–Kier alpha value is 0.230. The minimum Gasteiger partial charge on any atom is -0.388 e. The highest BCUT2D eigenvalue weighted by Crippen LogP contribution is 2.45. The van der Waals surface area contributed by atoms with Gasteiger partial charge in [0.25, 0.3) is 0 Å². The monoisotopic (exact) mass is 257 g/mol. The van der Waals surface area contributed by atoms with Crippen molar-refractivity contribution in [3.63, 3.8) is 0 Å². The molecule has 17 heavy (non-hydrogen) atoms. The Morgan fingerprint density at radius 1 is 1.41 bits per heavy atom. The first kappa shape index (κ1) is 12.3. The number of aliphatic hydroxyl groups is 1. The number of likely N-dealkylation sites (N-methyl/N-ethyl adjacent to an activating group) is 1. The number of hydrogen-bond donors (Lipinski definition) is 1. The van der Waals surface area contributed by atoms with E-state index >= 15 is 0 Å². The maximum atomic E-state index is 10.8. The number of ether oxygens (including phenoxy) is 1. The van der Waals surface area contributed by atoms with Gasteiger partial charge in [-0.1, -0.05) is 0 Å². The molecule has 3 fully saturated rings. The highest BCUT2D eigenvalue weighted by atomic mass is 32.2. The Morgan fingerprint density at radius 2 is 2.29 bits per heavy atom. The van der Waals surface area contributed by atoms with E-state index in [-0.39, 0.29) is 5.60 Å². The van der Waals surface area contributed by atoms with Crippen molar-refractivity contribution in [2.24, 2.45) is 5.92 Å². The van der Waals surface area contributed by atoms with Gasteiger partial charge in [-0.05, 0) is 44.4 Å². The van der Waals surface area contributed by atoms with E-state index < -0.39 is 5.60 Å². The lowest BCUT2D eigenvalue weighted by atomic mass is 9.75. The summed E-state index contributed by atoms with van der Waals surface area (Å²) in [4.78, 5) is 2.26. The van der Waals surface area contributed by atoms with Crippen LogP contribution in [0, 0.1) is 5.92 Å². The number of hydrogen-bond acceptors (Lipinski definition) is 4. The highest BCUT2D eigenvalue weighted by molar-refractivity contribution is 7.99. The van der Waals surface area contributed by atoms with Crippen LogP contribution in [0.3, 0.4) is 0 Å². The van der Waals surface area contributed by atoms with E-state index in [2.05, 4.69) is 11.9 Å². The maximum absolute atomic E-state index is 10.8. The average Bonchev–Trinajstić information content (AvgIpc) is 2.88. The number of rotatable bonds is 1.